The van der Waals surface area contributed by atoms with Crippen LogP contribution in [-0.4, -0.2) is 34.1 Å². The molecule has 0 aromatic rings. The van der Waals surface area contributed by atoms with E-state index in [0.29, 0.717) is 18.0 Å². The van der Waals surface area contributed by atoms with Gasteiger partial charge in [0, 0.05) is 18.0 Å². The zero-order valence-electron chi connectivity index (χ0n) is 11.1. The Hall–Kier alpha value is -0.570. The number of hydrogen-bond acceptors (Lipinski definition) is 2. The molecule has 2 heterocycles. The summed E-state index contributed by atoms with van der Waals surface area (Å²) in [7, 11) is 0. The van der Waals surface area contributed by atoms with Gasteiger partial charge >= 0.3 is 0 Å². The van der Waals surface area contributed by atoms with Gasteiger partial charge in [0.1, 0.15) is 0 Å². The lowest BCUT2D eigenvalue weighted by atomic mass is 9.96. The molecule has 3 unspecified atom stereocenters. The third kappa shape index (κ3) is 2.65. The van der Waals surface area contributed by atoms with Gasteiger partial charge in [-0.1, -0.05) is 26.7 Å². The molecule has 0 aliphatic carbocycles. The molecule has 2 aliphatic heterocycles. The van der Waals surface area contributed by atoms with Crippen LogP contribution in [0.5, 0.6) is 0 Å². The number of aliphatic hydroxyl groups excluding tert-OH is 1. The Bertz CT molecular complexity index is 265. The molecule has 98 valence electrons. The molecule has 2 aliphatic rings. The van der Waals surface area contributed by atoms with Crippen LogP contribution in [0.1, 0.15) is 58.8 Å². The van der Waals surface area contributed by atoms with Crippen molar-refractivity contribution in [3.05, 3.63) is 0 Å². The highest BCUT2D eigenvalue weighted by Gasteiger charge is 2.43. The van der Waals surface area contributed by atoms with Crippen molar-refractivity contribution >= 4 is 5.91 Å². The number of hydrogen-bond donors (Lipinski definition) is 1. The first-order valence-electron chi connectivity index (χ1n) is 7.13. The van der Waals surface area contributed by atoms with Crippen LogP contribution in [0.25, 0.3) is 0 Å². The van der Waals surface area contributed by atoms with Crippen molar-refractivity contribution < 1.29 is 9.90 Å². The summed E-state index contributed by atoms with van der Waals surface area (Å²) in [6.07, 6.45) is 6.89. The molecule has 3 atom stereocenters. The Kier molecular flexibility index (Phi) is 4.08. The molecule has 17 heavy (non-hydrogen) atoms. The van der Waals surface area contributed by atoms with Crippen molar-refractivity contribution in [2.75, 3.05) is 0 Å². The number of aliphatic hydroxyl groups is 1. The molecular formula is C14H25NO2. The number of fused-ring (bicyclic) bond motifs is 2. The third-order valence-electron chi connectivity index (χ3n) is 4.37. The Morgan fingerprint density at radius 1 is 1.35 bits per heavy atom. The average molecular weight is 239 g/mol. The number of nitrogens with zero attached hydrogens (tertiary/aromatic N) is 1. The molecule has 0 aromatic heterocycles. The van der Waals surface area contributed by atoms with Crippen molar-refractivity contribution in [2.45, 2.75) is 77.0 Å². The number of carbonyl (C=O) groups excluding carboxylic acids is 1. The molecule has 1 N–H and O–H groups in total. The molecule has 2 fully saturated rings. The summed E-state index contributed by atoms with van der Waals surface area (Å²) in [6.45, 7) is 4.22. The van der Waals surface area contributed by atoms with Crippen molar-refractivity contribution in [2.24, 2.45) is 5.92 Å². The molecule has 0 spiro atoms. The van der Waals surface area contributed by atoms with E-state index in [1.807, 2.05) is 0 Å². The lowest BCUT2D eigenvalue weighted by Crippen LogP contribution is -2.49. The Labute approximate surface area is 104 Å². The molecule has 0 aromatic carbocycles. The van der Waals surface area contributed by atoms with Gasteiger partial charge in [-0.3, -0.25) is 4.79 Å². The van der Waals surface area contributed by atoms with Crippen LogP contribution in [0, 0.1) is 5.92 Å². The van der Waals surface area contributed by atoms with Crippen LogP contribution in [0.2, 0.25) is 0 Å². The molecule has 3 heteroatoms. The number of carbonyl (C=O) groups is 1. The van der Waals surface area contributed by atoms with Crippen molar-refractivity contribution in [1.82, 2.24) is 4.90 Å². The highest BCUT2D eigenvalue weighted by molar-refractivity contribution is 5.79. The third-order valence-corrected chi connectivity index (χ3v) is 4.37. The molecule has 3 nitrogen and oxygen atoms in total. The van der Waals surface area contributed by atoms with E-state index in [-0.39, 0.29) is 12.0 Å². The highest BCUT2D eigenvalue weighted by Crippen LogP contribution is 2.37. The van der Waals surface area contributed by atoms with E-state index >= 15 is 0 Å². The lowest BCUT2D eigenvalue weighted by molar-refractivity contribution is -0.141. The molecule has 0 radical (unpaired) electrons. The second kappa shape index (κ2) is 5.38. The minimum absolute atomic E-state index is 0.160. The summed E-state index contributed by atoms with van der Waals surface area (Å²) in [5.74, 6) is 0.492. The smallest absolute Gasteiger partial charge is 0.225 e. The maximum absolute atomic E-state index is 12.4. The Morgan fingerprint density at radius 2 is 1.94 bits per heavy atom. The Balaban J connectivity index is 1.96. The van der Waals surface area contributed by atoms with Crippen LogP contribution in [0.3, 0.4) is 0 Å². The second-order valence-electron chi connectivity index (χ2n) is 5.80. The second-order valence-corrected chi connectivity index (χ2v) is 5.80. The molecule has 2 rings (SSSR count). The van der Waals surface area contributed by atoms with Crippen LogP contribution in [-0.2, 0) is 4.79 Å². The normalized spacial score (nSPS) is 33.8. The number of rotatable bonds is 4. The van der Waals surface area contributed by atoms with E-state index in [9.17, 15) is 9.90 Å². The van der Waals surface area contributed by atoms with Crippen LogP contribution in [0.4, 0.5) is 0 Å². The van der Waals surface area contributed by atoms with Gasteiger partial charge < -0.3 is 10.0 Å². The van der Waals surface area contributed by atoms with Crippen LogP contribution < -0.4 is 0 Å². The number of piperidine rings is 1. The largest absolute Gasteiger partial charge is 0.393 e. The summed E-state index contributed by atoms with van der Waals surface area (Å²) in [4.78, 5) is 14.5. The van der Waals surface area contributed by atoms with Crippen molar-refractivity contribution in [3.63, 3.8) is 0 Å². The first kappa shape index (κ1) is 12.9. The summed E-state index contributed by atoms with van der Waals surface area (Å²) in [6, 6.07) is 0.639. The molecule has 1 amide bonds. The summed E-state index contributed by atoms with van der Waals surface area (Å²) >= 11 is 0. The lowest BCUT2D eigenvalue weighted by Gasteiger charge is -2.38. The summed E-state index contributed by atoms with van der Waals surface area (Å²) in [5, 5.41) is 9.73. The van der Waals surface area contributed by atoms with E-state index in [0.717, 1.165) is 44.9 Å². The molecular weight excluding hydrogens is 214 g/mol. The van der Waals surface area contributed by atoms with Crippen LogP contribution >= 0.6 is 0 Å². The van der Waals surface area contributed by atoms with E-state index in [1.165, 1.54) is 0 Å². The van der Waals surface area contributed by atoms with Gasteiger partial charge in [0.15, 0.2) is 0 Å². The van der Waals surface area contributed by atoms with E-state index < -0.39 is 0 Å². The average Bonchev–Trinajstić information content (AvgIpc) is 2.57. The standard InChI is InChI=1S/C14H25NO2/c1-3-4-5-10(2)14(17)15-11-6-7-12(15)9-13(16)8-11/h10-13,16H,3-9H2,1-2H3. The van der Waals surface area contributed by atoms with Crippen molar-refractivity contribution in [3.8, 4) is 0 Å². The monoisotopic (exact) mass is 239 g/mol. The minimum atomic E-state index is -0.178. The zero-order chi connectivity index (χ0) is 12.4. The van der Waals surface area contributed by atoms with Gasteiger partial charge in [0.05, 0.1) is 6.10 Å². The van der Waals surface area contributed by atoms with Crippen LogP contribution in [0.15, 0.2) is 0 Å². The predicted molar refractivity (Wildman–Crippen MR) is 67.6 cm³/mol. The topological polar surface area (TPSA) is 40.5 Å². The van der Waals surface area contributed by atoms with E-state index in [2.05, 4.69) is 18.7 Å². The summed E-state index contributed by atoms with van der Waals surface area (Å²) in [5.41, 5.74) is 0. The highest BCUT2D eigenvalue weighted by atomic mass is 16.3. The first-order valence-corrected chi connectivity index (χ1v) is 7.13. The maximum atomic E-state index is 12.4. The molecule has 2 bridgehead atoms. The van der Waals surface area contributed by atoms with Gasteiger partial charge in [-0.15, -0.1) is 0 Å². The van der Waals surface area contributed by atoms with Gasteiger partial charge in [-0.25, -0.2) is 0 Å². The molecule has 2 saturated heterocycles. The fraction of sp³-hybridized carbons (Fsp3) is 0.929. The zero-order valence-corrected chi connectivity index (χ0v) is 11.1. The van der Waals surface area contributed by atoms with Gasteiger partial charge in [0.25, 0.3) is 0 Å². The number of unbranched alkanes of at least 4 members (excludes halogenated alkanes) is 1. The molecule has 0 saturated carbocycles. The van der Waals surface area contributed by atoms with Gasteiger partial charge in [-0.05, 0) is 32.1 Å². The van der Waals surface area contributed by atoms with Gasteiger partial charge in [0.2, 0.25) is 5.91 Å². The summed E-state index contributed by atoms with van der Waals surface area (Å²) < 4.78 is 0. The SMILES string of the molecule is CCCCC(C)C(=O)N1C2CCC1CC(O)C2. The fourth-order valence-corrected chi connectivity index (χ4v) is 3.40. The van der Waals surface area contributed by atoms with E-state index in [1.54, 1.807) is 0 Å². The maximum Gasteiger partial charge on any atom is 0.225 e. The quantitative estimate of drug-likeness (QED) is 0.818. The predicted octanol–water partition coefficient (Wildman–Crippen LogP) is 2.33. The van der Waals surface area contributed by atoms with Gasteiger partial charge in [-0.2, -0.15) is 0 Å². The first-order chi connectivity index (χ1) is 8.13. The van der Waals surface area contributed by atoms with Crippen molar-refractivity contribution in [1.29, 1.82) is 0 Å². The number of amides is 1. The van der Waals surface area contributed by atoms with E-state index in [4.69, 9.17) is 0 Å². The Morgan fingerprint density at radius 3 is 2.47 bits per heavy atom. The fourth-order valence-electron chi connectivity index (χ4n) is 3.40. The minimum Gasteiger partial charge on any atom is -0.393 e.